The average molecular weight is 425 g/mol. The zero-order valence-electron chi connectivity index (χ0n) is 15.9. The predicted octanol–water partition coefficient (Wildman–Crippen LogP) is 4.53. The highest BCUT2D eigenvalue weighted by Crippen LogP contribution is 2.35. The van der Waals surface area contributed by atoms with Crippen LogP contribution in [0.15, 0.2) is 58.2 Å². The molecule has 0 aliphatic rings. The number of anilines is 1. The highest BCUT2D eigenvalue weighted by atomic mass is 32.2. The van der Waals surface area contributed by atoms with Gasteiger partial charge < -0.3 is 10.1 Å². The third-order valence-electron chi connectivity index (χ3n) is 4.02. The molecule has 1 N–H and O–H groups in total. The summed E-state index contributed by atoms with van der Waals surface area (Å²) in [6.07, 6.45) is 4.44. The lowest BCUT2D eigenvalue weighted by molar-refractivity contribution is 0.147. The Morgan fingerprint density at radius 2 is 2.03 bits per heavy atom. The fourth-order valence-electron chi connectivity index (χ4n) is 2.67. The Morgan fingerprint density at radius 1 is 1.10 bits per heavy atom. The third kappa shape index (κ3) is 5.06. The fraction of sp³-hybridized carbons (Fsp3) is 0.250. The van der Waals surface area contributed by atoms with Crippen molar-refractivity contribution in [3.63, 3.8) is 0 Å². The number of benzene rings is 1. The second-order valence-corrected chi connectivity index (χ2v) is 8.28. The lowest BCUT2D eigenvalue weighted by Gasteiger charge is -2.07. The van der Waals surface area contributed by atoms with Gasteiger partial charge in [-0.15, -0.1) is 10.2 Å². The summed E-state index contributed by atoms with van der Waals surface area (Å²) < 4.78 is 6.18. The predicted molar refractivity (Wildman–Crippen MR) is 116 cm³/mol. The van der Waals surface area contributed by atoms with Crippen molar-refractivity contribution in [3.05, 3.63) is 48.8 Å². The number of nitrogens with zero attached hydrogens (tertiary/aromatic N) is 5. The van der Waals surface area contributed by atoms with Crippen molar-refractivity contribution in [2.75, 3.05) is 25.1 Å². The number of para-hydroxylation sites is 1. The summed E-state index contributed by atoms with van der Waals surface area (Å²) in [5.74, 6) is 0.651. The Hall–Kier alpha value is -2.62. The molecule has 3 aromatic heterocycles. The monoisotopic (exact) mass is 424 g/mol. The molecule has 0 radical (unpaired) electrons. The minimum Gasteiger partial charge on any atom is -0.382 e. The van der Waals surface area contributed by atoms with Crippen LogP contribution in [-0.4, -0.2) is 44.9 Å². The standard InChI is InChI=1S/C20H20N6OS2/c1-2-27-12-6-11-22-19-25-26-20(29-19)28-18-15-8-3-4-9-16(15)23-17(24-18)14-7-5-10-21-13-14/h3-5,7-10,13H,2,6,11-12H2,1H3,(H,22,25). The zero-order chi connectivity index (χ0) is 19.9. The molecular formula is C20H20N6OS2. The van der Waals surface area contributed by atoms with E-state index in [-0.39, 0.29) is 0 Å². The van der Waals surface area contributed by atoms with Crippen molar-refractivity contribution in [3.8, 4) is 11.4 Å². The molecule has 4 aromatic rings. The molecule has 0 bridgehead atoms. The van der Waals surface area contributed by atoms with Crippen LogP contribution in [0.5, 0.6) is 0 Å². The van der Waals surface area contributed by atoms with Gasteiger partial charge in [0.2, 0.25) is 5.13 Å². The molecule has 0 amide bonds. The van der Waals surface area contributed by atoms with Crippen LogP contribution in [0.3, 0.4) is 0 Å². The highest BCUT2D eigenvalue weighted by molar-refractivity contribution is 8.01. The van der Waals surface area contributed by atoms with Crippen LogP contribution < -0.4 is 5.32 Å². The Morgan fingerprint density at radius 3 is 2.90 bits per heavy atom. The molecule has 1 aromatic carbocycles. The number of pyridine rings is 1. The van der Waals surface area contributed by atoms with E-state index in [4.69, 9.17) is 14.7 Å². The fourth-order valence-corrected chi connectivity index (χ4v) is 4.47. The maximum atomic E-state index is 5.35. The first kappa shape index (κ1) is 19.7. The molecule has 0 spiro atoms. The van der Waals surface area contributed by atoms with Crippen LogP contribution in [-0.2, 0) is 4.74 Å². The Labute approximate surface area is 177 Å². The third-order valence-corrected chi connectivity index (χ3v) is 5.96. The highest BCUT2D eigenvalue weighted by Gasteiger charge is 2.13. The van der Waals surface area contributed by atoms with Crippen LogP contribution in [0, 0.1) is 0 Å². The van der Waals surface area contributed by atoms with Gasteiger partial charge in [-0.25, -0.2) is 9.97 Å². The summed E-state index contributed by atoms with van der Waals surface area (Å²) in [5.41, 5.74) is 1.77. The molecule has 0 aliphatic carbocycles. The molecule has 0 fully saturated rings. The van der Waals surface area contributed by atoms with Crippen molar-refractivity contribution in [2.45, 2.75) is 22.7 Å². The van der Waals surface area contributed by atoms with Crippen molar-refractivity contribution >= 4 is 39.1 Å². The molecule has 0 saturated heterocycles. The summed E-state index contributed by atoms with van der Waals surface area (Å²) in [6, 6.07) is 11.8. The van der Waals surface area contributed by atoms with E-state index in [1.807, 2.05) is 43.3 Å². The molecule has 0 aliphatic heterocycles. The van der Waals surface area contributed by atoms with Gasteiger partial charge in [0, 0.05) is 43.1 Å². The average Bonchev–Trinajstić information content (AvgIpc) is 3.21. The van der Waals surface area contributed by atoms with E-state index in [9.17, 15) is 0 Å². The maximum absolute atomic E-state index is 5.35. The Kier molecular flexibility index (Phi) is 6.60. The Balaban J connectivity index is 1.55. The van der Waals surface area contributed by atoms with Crippen LogP contribution in [0.4, 0.5) is 5.13 Å². The number of rotatable bonds is 9. The lowest BCUT2D eigenvalue weighted by Crippen LogP contribution is -2.05. The van der Waals surface area contributed by atoms with E-state index in [0.29, 0.717) is 5.82 Å². The van der Waals surface area contributed by atoms with Gasteiger partial charge in [-0.1, -0.05) is 29.5 Å². The molecule has 7 nitrogen and oxygen atoms in total. The largest absolute Gasteiger partial charge is 0.382 e. The number of ether oxygens (including phenoxy) is 1. The van der Waals surface area contributed by atoms with E-state index in [1.165, 1.54) is 23.1 Å². The second-order valence-electron chi connectivity index (χ2n) is 6.06. The summed E-state index contributed by atoms with van der Waals surface area (Å²) in [5, 5.41) is 14.5. The smallest absolute Gasteiger partial charge is 0.206 e. The van der Waals surface area contributed by atoms with E-state index >= 15 is 0 Å². The lowest BCUT2D eigenvalue weighted by atomic mass is 10.2. The normalized spacial score (nSPS) is 11.1. The Bertz CT molecular complexity index is 1070. The van der Waals surface area contributed by atoms with Crippen molar-refractivity contribution in [1.82, 2.24) is 25.1 Å². The topological polar surface area (TPSA) is 85.7 Å². The van der Waals surface area contributed by atoms with E-state index in [1.54, 1.807) is 12.4 Å². The van der Waals surface area contributed by atoms with E-state index in [2.05, 4.69) is 20.5 Å². The molecule has 0 saturated carbocycles. The van der Waals surface area contributed by atoms with E-state index in [0.717, 1.165) is 57.1 Å². The molecule has 148 valence electrons. The van der Waals surface area contributed by atoms with Gasteiger partial charge in [0.05, 0.1) is 5.52 Å². The van der Waals surface area contributed by atoms with Crippen LogP contribution in [0.2, 0.25) is 0 Å². The molecule has 3 heterocycles. The second kappa shape index (κ2) is 9.73. The number of aromatic nitrogens is 5. The van der Waals surface area contributed by atoms with Crippen LogP contribution >= 0.6 is 23.1 Å². The molecule has 29 heavy (non-hydrogen) atoms. The summed E-state index contributed by atoms with van der Waals surface area (Å²) in [4.78, 5) is 13.7. The van der Waals surface area contributed by atoms with Gasteiger partial charge >= 0.3 is 0 Å². The van der Waals surface area contributed by atoms with Crippen LogP contribution in [0.1, 0.15) is 13.3 Å². The summed E-state index contributed by atoms with van der Waals surface area (Å²) >= 11 is 3.02. The van der Waals surface area contributed by atoms with Crippen molar-refractivity contribution in [1.29, 1.82) is 0 Å². The number of fused-ring (bicyclic) bond motifs is 1. The minimum atomic E-state index is 0.651. The first-order valence-corrected chi connectivity index (χ1v) is 11.0. The quantitative estimate of drug-likeness (QED) is 0.310. The van der Waals surface area contributed by atoms with Crippen LogP contribution in [0.25, 0.3) is 22.3 Å². The van der Waals surface area contributed by atoms with Gasteiger partial charge in [-0.2, -0.15) is 0 Å². The molecule has 9 heteroatoms. The number of nitrogens with one attached hydrogen (secondary N) is 1. The number of hydrogen-bond acceptors (Lipinski definition) is 9. The zero-order valence-corrected chi connectivity index (χ0v) is 17.5. The van der Waals surface area contributed by atoms with Gasteiger partial charge in [-0.3, -0.25) is 4.98 Å². The number of hydrogen-bond donors (Lipinski definition) is 1. The molecule has 4 rings (SSSR count). The van der Waals surface area contributed by atoms with Gasteiger partial charge in [0.15, 0.2) is 10.2 Å². The first-order chi connectivity index (χ1) is 14.3. The van der Waals surface area contributed by atoms with Gasteiger partial charge in [0.25, 0.3) is 0 Å². The van der Waals surface area contributed by atoms with Crippen molar-refractivity contribution < 1.29 is 4.74 Å². The van der Waals surface area contributed by atoms with Crippen molar-refractivity contribution in [2.24, 2.45) is 0 Å². The summed E-state index contributed by atoms with van der Waals surface area (Å²) in [6.45, 7) is 4.29. The maximum Gasteiger partial charge on any atom is 0.206 e. The van der Waals surface area contributed by atoms with Gasteiger partial charge in [0.1, 0.15) is 5.03 Å². The van der Waals surface area contributed by atoms with E-state index < -0.39 is 0 Å². The molecule has 0 atom stereocenters. The molecule has 0 unspecified atom stereocenters. The minimum absolute atomic E-state index is 0.651. The first-order valence-electron chi connectivity index (χ1n) is 9.33. The molecular weight excluding hydrogens is 404 g/mol. The SMILES string of the molecule is CCOCCCNc1nnc(Sc2nc(-c3cccnc3)nc3ccccc23)s1. The summed E-state index contributed by atoms with van der Waals surface area (Å²) in [7, 11) is 0. The van der Waals surface area contributed by atoms with Gasteiger partial charge in [-0.05, 0) is 43.3 Å².